The highest BCUT2D eigenvalue weighted by atomic mass is 35.5. The van der Waals surface area contributed by atoms with E-state index in [1.54, 1.807) is 6.07 Å². The molecule has 1 atom stereocenters. The fourth-order valence-corrected chi connectivity index (χ4v) is 2.14. The minimum absolute atomic E-state index is 0.118. The van der Waals surface area contributed by atoms with Crippen molar-refractivity contribution >= 4 is 34.6 Å². The van der Waals surface area contributed by atoms with Crippen LogP contribution in [-0.2, 0) is 0 Å². The summed E-state index contributed by atoms with van der Waals surface area (Å²) in [6.07, 6.45) is 0. The Morgan fingerprint density at radius 1 is 1.06 bits per heavy atom. The van der Waals surface area contributed by atoms with Gasteiger partial charge in [0.15, 0.2) is 0 Å². The minimum Gasteiger partial charge on any atom is -0.397 e. The van der Waals surface area contributed by atoms with Crippen LogP contribution in [0.4, 0.5) is 11.4 Å². The Bertz CT molecular complexity index is 555. The van der Waals surface area contributed by atoms with E-state index in [0.717, 1.165) is 16.3 Å². The first-order chi connectivity index (χ1) is 8.56. The Morgan fingerprint density at radius 3 is 2.44 bits per heavy atom. The molecule has 0 radical (unpaired) electrons. The molecule has 0 aliphatic rings. The lowest BCUT2D eigenvalue weighted by Crippen LogP contribution is -2.08. The molecule has 2 nitrogen and oxygen atoms in total. The number of anilines is 2. The summed E-state index contributed by atoms with van der Waals surface area (Å²) in [6, 6.07) is 13.3. The maximum atomic E-state index is 5.97. The van der Waals surface area contributed by atoms with Gasteiger partial charge in [0.05, 0.1) is 11.4 Å². The van der Waals surface area contributed by atoms with E-state index < -0.39 is 0 Å². The minimum atomic E-state index is 0.118. The van der Waals surface area contributed by atoms with E-state index in [-0.39, 0.29) is 6.04 Å². The van der Waals surface area contributed by atoms with Crippen LogP contribution in [0, 0.1) is 0 Å². The number of rotatable bonds is 3. The zero-order valence-corrected chi connectivity index (χ0v) is 11.5. The van der Waals surface area contributed by atoms with E-state index in [4.69, 9.17) is 28.9 Å². The van der Waals surface area contributed by atoms with Crippen molar-refractivity contribution in [2.45, 2.75) is 13.0 Å². The van der Waals surface area contributed by atoms with Crippen molar-refractivity contribution in [1.29, 1.82) is 0 Å². The molecule has 2 aromatic carbocycles. The maximum Gasteiger partial charge on any atom is 0.0579 e. The summed E-state index contributed by atoms with van der Waals surface area (Å²) in [7, 11) is 0. The molecule has 94 valence electrons. The molecule has 0 heterocycles. The third kappa shape index (κ3) is 3.09. The van der Waals surface area contributed by atoms with E-state index in [0.29, 0.717) is 10.7 Å². The first-order valence-electron chi connectivity index (χ1n) is 5.63. The Balaban J connectivity index is 2.18. The van der Waals surface area contributed by atoms with Crippen molar-refractivity contribution < 1.29 is 0 Å². The lowest BCUT2D eigenvalue weighted by molar-refractivity contribution is 0.885. The number of benzene rings is 2. The third-order valence-corrected chi connectivity index (χ3v) is 3.20. The summed E-state index contributed by atoms with van der Waals surface area (Å²) in [5, 5.41) is 4.70. The van der Waals surface area contributed by atoms with Gasteiger partial charge in [-0.1, -0.05) is 35.3 Å². The molecule has 0 spiro atoms. The monoisotopic (exact) mass is 280 g/mol. The highest BCUT2D eigenvalue weighted by molar-refractivity contribution is 6.31. The van der Waals surface area contributed by atoms with Crippen LogP contribution in [0.15, 0.2) is 42.5 Å². The summed E-state index contributed by atoms with van der Waals surface area (Å²) in [5.41, 5.74) is 8.52. The van der Waals surface area contributed by atoms with Gasteiger partial charge in [-0.3, -0.25) is 0 Å². The van der Waals surface area contributed by atoms with E-state index in [1.165, 1.54) is 0 Å². The predicted octanol–water partition coefficient (Wildman–Crippen LogP) is 4.75. The molecule has 0 aliphatic carbocycles. The van der Waals surface area contributed by atoms with Gasteiger partial charge in [-0.05, 0) is 42.8 Å². The summed E-state index contributed by atoms with van der Waals surface area (Å²) >= 11 is 11.8. The smallest absolute Gasteiger partial charge is 0.0579 e. The maximum absolute atomic E-state index is 5.97. The molecule has 0 saturated carbocycles. The van der Waals surface area contributed by atoms with Crippen molar-refractivity contribution in [3.05, 3.63) is 58.1 Å². The van der Waals surface area contributed by atoms with Crippen LogP contribution in [0.1, 0.15) is 18.5 Å². The number of nitrogens with one attached hydrogen (secondary N) is 1. The van der Waals surface area contributed by atoms with E-state index >= 15 is 0 Å². The fraction of sp³-hybridized carbons (Fsp3) is 0.143. The van der Waals surface area contributed by atoms with Gasteiger partial charge in [-0.15, -0.1) is 0 Å². The molecular formula is C14H14Cl2N2. The molecule has 2 rings (SSSR count). The van der Waals surface area contributed by atoms with Crippen molar-refractivity contribution in [3.8, 4) is 0 Å². The second-order valence-electron chi connectivity index (χ2n) is 4.15. The summed E-state index contributed by atoms with van der Waals surface area (Å²) in [5.74, 6) is 0. The van der Waals surface area contributed by atoms with Gasteiger partial charge in [0, 0.05) is 16.1 Å². The topological polar surface area (TPSA) is 38.0 Å². The van der Waals surface area contributed by atoms with Crippen molar-refractivity contribution in [2.24, 2.45) is 0 Å². The van der Waals surface area contributed by atoms with Gasteiger partial charge >= 0.3 is 0 Å². The van der Waals surface area contributed by atoms with Crippen LogP contribution in [0.5, 0.6) is 0 Å². The van der Waals surface area contributed by atoms with Crippen LogP contribution in [-0.4, -0.2) is 0 Å². The van der Waals surface area contributed by atoms with Crippen LogP contribution >= 0.6 is 23.2 Å². The number of hydrogen-bond donors (Lipinski definition) is 2. The predicted molar refractivity (Wildman–Crippen MR) is 79.4 cm³/mol. The van der Waals surface area contributed by atoms with Crippen LogP contribution in [0.3, 0.4) is 0 Å². The SMILES string of the molecule is CC(Nc1ccc(Cl)cc1N)c1cccc(Cl)c1. The van der Waals surface area contributed by atoms with Gasteiger partial charge in [0.25, 0.3) is 0 Å². The van der Waals surface area contributed by atoms with E-state index in [1.807, 2.05) is 36.4 Å². The van der Waals surface area contributed by atoms with Gasteiger partial charge in [-0.25, -0.2) is 0 Å². The average Bonchev–Trinajstić information content (AvgIpc) is 2.32. The van der Waals surface area contributed by atoms with Crippen molar-refractivity contribution in [1.82, 2.24) is 0 Å². The zero-order valence-electron chi connectivity index (χ0n) is 9.95. The van der Waals surface area contributed by atoms with Crippen LogP contribution in [0.25, 0.3) is 0 Å². The van der Waals surface area contributed by atoms with Gasteiger partial charge in [0.1, 0.15) is 0 Å². The van der Waals surface area contributed by atoms with E-state index in [9.17, 15) is 0 Å². The molecule has 0 fully saturated rings. The first-order valence-corrected chi connectivity index (χ1v) is 6.39. The normalized spacial score (nSPS) is 12.2. The molecule has 18 heavy (non-hydrogen) atoms. The Kier molecular flexibility index (Phi) is 4.00. The first kappa shape index (κ1) is 13.1. The number of nitrogens with two attached hydrogens (primary N) is 1. The highest BCUT2D eigenvalue weighted by Crippen LogP contribution is 2.27. The average molecular weight is 281 g/mol. The lowest BCUT2D eigenvalue weighted by Gasteiger charge is -2.17. The molecule has 0 aromatic heterocycles. The second-order valence-corrected chi connectivity index (χ2v) is 5.03. The van der Waals surface area contributed by atoms with Crippen LogP contribution in [0.2, 0.25) is 10.0 Å². The zero-order chi connectivity index (χ0) is 13.1. The standard InChI is InChI=1S/C14H14Cl2N2/c1-9(10-3-2-4-11(15)7-10)18-14-6-5-12(16)8-13(14)17/h2-9,18H,17H2,1H3. The lowest BCUT2D eigenvalue weighted by atomic mass is 10.1. The van der Waals surface area contributed by atoms with E-state index in [2.05, 4.69) is 12.2 Å². The summed E-state index contributed by atoms with van der Waals surface area (Å²) in [4.78, 5) is 0. The Labute approximate surface area is 117 Å². The molecule has 2 aromatic rings. The molecule has 0 saturated heterocycles. The van der Waals surface area contributed by atoms with Crippen LogP contribution < -0.4 is 11.1 Å². The second kappa shape index (κ2) is 5.51. The number of hydrogen-bond acceptors (Lipinski definition) is 2. The molecule has 0 amide bonds. The number of nitrogen functional groups attached to an aromatic ring is 1. The molecule has 0 aliphatic heterocycles. The molecule has 0 bridgehead atoms. The summed E-state index contributed by atoms with van der Waals surface area (Å²) in [6.45, 7) is 2.06. The van der Waals surface area contributed by atoms with Gasteiger partial charge < -0.3 is 11.1 Å². The quantitative estimate of drug-likeness (QED) is 0.797. The number of halogens is 2. The third-order valence-electron chi connectivity index (χ3n) is 2.73. The fourth-order valence-electron chi connectivity index (χ4n) is 1.76. The Morgan fingerprint density at radius 2 is 1.78 bits per heavy atom. The molecule has 4 heteroatoms. The molecular weight excluding hydrogens is 267 g/mol. The Hall–Kier alpha value is -1.38. The molecule has 1 unspecified atom stereocenters. The highest BCUT2D eigenvalue weighted by Gasteiger charge is 2.07. The van der Waals surface area contributed by atoms with Crippen molar-refractivity contribution in [2.75, 3.05) is 11.1 Å². The van der Waals surface area contributed by atoms with Crippen molar-refractivity contribution in [3.63, 3.8) is 0 Å². The molecule has 3 N–H and O–H groups in total. The van der Waals surface area contributed by atoms with Gasteiger partial charge in [0.2, 0.25) is 0 Å². The summed E-state index contributed by atoms with van der Waals surface area (Å²) < 4.78 is 0. The van der Waals surface area contributed by atoms with Gasteiger partial charge in [-0.2, -0.15) is 0 Å². The largest absolute Gasteiger partial charge is 0.397 e.